The number of Topliss-reactive ketones (excluding diaryl/α,β-unsaturated/α-hetero) is 7. The molecule has 0 bridgehead atoms. The number of aromatic amines is 3. The second-order valence-electron chi connectivity index (χ2n) is 35.4. The van der Waals surface area contributed by atoms with Crippen molar-refractivity contribution in [1.29, 1.82) is 0 Å². The van der Waals surface area contributed by atoms with Crippen LogP contribution < -0.4 is 72.4 Å². The van der Waals surface area contributed by atoms with Gasteiger partial charge in [0.2, 0.25) is 70.1 Å². The molecule has 0 unspecified atom stereocenters. The van der Waals surface area contributed by atoms with E-state index in [9.17, 15) is 91.1 Å². The molecule has 0 aliphatic carbocycles. The van der Waals surface area contributed by atoms with Crippen molar-refractivity contribution in [2.75, 3.05) is 13.2 Å². The lowest BCUT2D eigenvalue weighted by Gasteiger charge is -2.22. The Labute approximate surface area is 859 Å². The first-order valence-electron chi connectivity index (χ1n) is 48.2. The van der Waals surface area contributed by atoms with Gasteiger partial charge in [-0.25, -0.2) is 28.8 Å². The van der Waals surface area contributed by atoms with E-state index in [1.807, 2.05) is 112 Å². The number of H-pyrrole nitrogens is 3. The SMILES string of the molecule is C=[N+]=CC(=O)CC[C@H](NC(=O)[C@@H](C)Cc1c[nH]c2ccccc12)C(=O)OC(C)C.C=[N+]=CC(=O)CC[C@H](NC(=O)[C@@H](C)Cc1c[nH]c2ccccc12)C(=O)OCC.C=[N+]=CC(=O)CC[C@H](NC(=O)[C@@H](CC(C)=O)Cc1c[nH]c2ccccc12)C(=O)OC(C)C.C=[N+]=CC(=O)CC[C@H](NC(=O)[C@@H](N)CC(C)C)C(=O)OC(C)C.C=[N+]=CC(=O)CC[C@H](NC(=O)[C@H](C)N)C(=O)OCC.C[C@H](N)C(=O)N[C@@H](CCC(=O)C=[N+]=[N-])C(=O)O. The van der Waals surface area contributed by atoms with E-state index in [1.54, 1.807) is 62.3 Å². The van der Waals surface area contributed by atoms with Crippen molar-refractivity contribution in [2.45, 2.75) is 286 Å². The number of rotatable bonds is 57. The maximum absolute atomic E-state index is 13.1. The monoisotopic (exact) mass is 2060 g/mol. The number of carboxylic acids is 1. The van der Waals surface area contributed by atoms with Crippen LogP contribution in [0.2, 0.25) is 0 Å². The molecule has 6 rings (SSSR count). The van der Waals surface area contributed by atoms with Gasteiger partial charge in [0, 0.05) is 114 Å². The molecule has 0 saturated heterocycles. The number of para-hydroxylation sites is 3. The summed E-state index contributed by atoms with van der Waals surface area (Å²) in [5.41, 5.74) is 30.5. The quantitative estimate of drug-likeness (QED) is 0.00858. The molecule has 0 aliphatic heterocycles. The highest BCUT2D eigenvalue weighted by molar-refractivity contribution is 6.29. The number of esters is 5. The summed E-state index contributed by atoms with van der Waals surface area (Å²) in [4.78, 5) is 237. The van der Waals surface area contributed by atoms with E-state index in [2.05, 4.69) is 109 Å². The molecule has 44 nitrogen and oxygen atoms in total. The van der Waals surface area contributed by atoms with E-state index in [0.29, 0.717) is 31.9 Å². The summed E-state index contributed by atoms with van der Waals surface area (Å²) in [6.45, 7) is 42.0. The van der Waals surface area contributed by atoms with Gasteiger partial charge in [-0.3, -0.25) is 57.5 Å². The fourth-order valence-corrected chi connectivity index (χ4v) is 13.6. The Hall–Kier alpha value is -15.9. The van der Waals surface area contributed by atoms with E-state index < -0.39 is 126 Å². The minimum atomic E-state index is -1.26. The molecular weight excluding hydrogens is 1920 g/mol. The first-order valence-corrected chi connectivity index (χ1v) is 48.2. The second-order valence-corrected chi connectivity index (χ2v) is 35.4. The van der Waals surface area contributed by atoms with Crippen LogP contribution in [0.1, 0.15) is 210 Å². The molecule has 0 aliphatic rings. The summed E-state index contributed by atoms with van der Waals surface area (Å²) in [5, 5.41) is 27.3. The molecule has 44 heteroatoms. The van der Waals surface area contributed by atoms with Crippen LogP contribution in [0.15, 0.2) is 91.4 Å². The van der Waals surface area contributed by atoms with E-state index in [1.165, 1.54) is 20.8 Å². The average Bonchev–Trinajstić information content (AvgIpc) is 1.69. The van der Waals surface area contributed by atoms with Gasteiger partial charge >= 0.3 is 73.1 Å². The van der Waals surface area contributed by atoms with Crippen LogP contribution >= 0.6 is 0 Å². The number of carbonyl (C=O) groups is 19. The Bertz CT molecular complexity index is 5810. The molecule has 12 atom stereocenters. The zero-order valence-electron chi connectivity index (χ0n) is 86.9. The smallest absolute Gasteiger partial charge is 0.334 e. The van der Waals surface area contributed by atoms with Crippen LogP contribution in [-0.2, 0) is 134 Å². The molecule has 148 heavy (non-hydrogen) atoms. The molecule has 0 saturated carbocycles. The van der Waals surface area contributed by atoms with E-state index >= 15 is 0 Å². The zero-order valence-corrected chi connectivity index (χ0v) is 86.9. The van der Waals surface area contributed by atoms with Gasteiger partial charge in [-0.05, 0) is 181 Å². The second kappa shape index (κ2) is 71.6. The Morgan fingerprint density at radius 1 is 0.372 bits per heavy atom. The Morgan fingerprint density at radius 2 is 0.635 bits per heavy atom. The molecule has 802 valence electrons. The lowest BCUT2D eigenvalue weighted by atomic mass is 9.93. The van der Waals surface area contributed by atoms with E-state index in [-0.39, 0.29) is 179 Å². The highest BCUT2D eigenvalue weighted by Crippen LogP contribution is 2.26. The van der Waals surface area contributed by atoms with Crippen LogP contribution in [0.4, 0.5) is 0 Å². The highest BCUT2D eigenvalue weighted by atomic mass is 16.6. The van der Waals surface area contributed by atoms with Gasteiger partial charge in [-0.2, -0.15) is 4.79 Å². The van der Waals surface area contributed by atoms with Crippen molar-refractivity contribution in [2.24, 2.45) is 40.9 Å². The molecule has 3 aromatic heterocycles. The van der Waals surface area contributed by atoms with Gasteiger partial charge in [-0.15, -0.1) is 23.3 Å². The third-order valence-corrected chi connectivity index (χ3v) is 20.9. The zero-order chi connectivity index (χ0) is 112. The maximum Gasteiger partial charge on any atom is 0.334 e. The number of benzene rings is 3. The Kier molecular flexibility index (Phi) is 62.9. The predicted octanol–water partition coefficient (Wildman–Crippen LogP) is 2.59. The van der Waals surface area contributed by atoms with Gasteiger partial charge < -0.3 is 103 Å². The Morgan fingerprint density at radius 3 is 0.905 bits per heavy atom. The number of nitrogens with one attached hydrogen (secondary N) is 9. The fraction of sp³-hybridized carbons (Fsp3) is 0.481. The number of hydrogen-bond donors (Lipinski definition) is 13. The first kappa shape index (κ1) is 130. The molecule has 3 heterocycles. The summed E-state index contributed by atoms with van der Waals surface area (Å²) >= 11 is 0. The summed E-state index contributed by atoms with van der Waals surface area (Å²) in [6.07, 6.45) is 13.2. The molecule has 6 aromatic rings. The number of carbonyl (C=O) groups excluding carboxylic acids is 18. The van der Waals surface area contributed by atoms with Gasteiger partial charge in [-0.1, -0.05) is 82.3 Å². The highest BCUT2D eigenvalue weighted by Gasteiger charge is 2.34. The number of ketones is 7. The van der Waals surface area contributed by atoms with Crippen molar-refractivity contribution in [1.82, 2.24) is 70.2 Å². The predicted molar refractivity (Wildman–Crippen MR) is 566 cm³/mol. The Balaban J connectivity index is 0.000000900. The molecule has 0 fully saturated rings. The van der Waals surface area contributed by atoms with Crippen molar-refractivity contribution in [3.8, 4) is 0 Å². The number of amides is 6. The number of nitrogens with zero attached hydrogens (tertiary/aromatic N) is 7. The number of aliphatic carboxylic acids is 1. The van der Waals surface area contributed by atoms with Crippen molar-refractivity contribution >= 4 is 215 Å². The molecule has 0 spiro atoms. The van der Waals surface area contributed by atoms with Crippen LogP contribution in [-0.4, -0.2) is 293 Å². The number of fused-ring (bicyclic) bond motifs is 3. The number of aromatic nitrogens is 3. The minimum Gasteiger partial charge on any atom is -0.480 e. The number of carboxylic acid groups (broad SMARTS) is 1. The van der Waals surface area contributed by atoms with Crippen LogP contribution in [0.3, 0.4) is 0 Å². The number of nitrogens with two attached hydrogens (primary N) is 3. The molecular formula is C104H146N19O25+5. The van der Waals surface area contributed by atoms with Gasteiger partial charge in [0.25, 0.3) is 33.6 Å². The maximum atomic E-state index is 13.1. The lowest BCUT2D eigenvalue weighted by Crippen LogP contribution is -2.49. The average molecular weight is 2060 g/mol. The topological polar surface area (TPSA) is 695 Å². The number of hydrogen-bond acceptors (Lipinski definition) is 27. The molecule has 0 radical (unpaired) electrons. The summed E-state index contributed by atoms with van der Waals surface area (Å²) in [7, 11) is 0. The van der Waals surface area contributed by atoms with Crippen molar-refractivity contribution < 1.29 is 125 Å². The van der Waals surface area contributed by atoms with Crippen LogP contribution in [0, 0.1) is 23.7 Å². The van der Waals surface area contributed by atoms with Gasteiger partial charge in [0.15, 0.2) is 0 Å². The van der Waals surface area contributed by atoms with Crippen molar-refractivity contribution in [3.05, 3.63) is 114 Å². The fourth-order valence-electron chi connectivity index (χ4n) is 13.6. The third-order valence-electron chi connectivity index (χ3n) is 20.9. The standard InChI is InChI=1S/C24H29N3O5.C22H27N3O4.C21H25N3O4.C16H27N3O4.C12H19N3O4.C9H14N4O4/c1-15(2)32-24(31)22(10-9-19(29)14-25-4)27-23(30)17(11-16(3)28)12-18-13-26-21-8-6-5-7-20(18)21;1-14(2)29-22(28)20(10-9-17(26)13-23-4)25-21(27)15(3)11-16-12-24-19-8-6-5-7-18(16)19;1-4-28-21(27)19(10-9-16(25)13-22-3)24-20(26)14(2)11-15-12-23-18-8-6-5-7-17(15)18;1-10(2)8-13(17)15(21)19-14(16(22)23-11(3)4)7-6-12(20)9-18-5;1-4-19-12(18)10(15-11(17)8(2)13)6-5-9(16)7-14-3;1-5(10)8(15)13-7(9(16)17)3-2-6(14)4-12-11/h5-8,13-15,17,22,26H,4,9-12H2,1-3H3;5-8,12-15,20,24H,4,9-11H2,1-3H3;5-8,12-14,19,23H,3-4,9-11H2,1-2H3;9-11,13-14H,5-8,17H2,1-4H3;7-8,10H,3-6,13H2,1-2H3;4-5,7H,2-3,10H2,1H3,(H,13,15)(H,16,17)/p+5/t17-,22-;15-,20-;14-,19-;13-,14-;8-,10-;5-,7-/m000000/s1. The molecule has 3 aromatic carbocycles. The van der Waals surface area contributed by atoms with Crippen molar-refractivity contribution in [3.63, 3.8) is 0 Å². The van der Waals surface area contributed by atoms with Gasteiger partial charge in [0.1, 0.15) is 42.0 Å². The van der Waals surface area contributed by atoms with Crippen LogP contribution in [0.5, 0.6) is 0 Å². The first-order chi connectivity index (χ1) is 69.9. The van der Waals surface area contributed by atoms with E-state index in [0.717, 1.165) is 80.5 Å². The van der Waals surface area contributed by atoms with Gasteiger partial charge in [0.05, 0.1) is 49.7 Å². The molecule has 16 N–H and O–H groups in total. The normalized spacial score (nSPS) is 12.8. The molecule has 6 amide bonds. The summed E-state index contributed by atoms with van der Waals surface area (Å²) in [5.74, 6) is -9.79. The van der Waals surface area contributed by atoms with Crippen LogP contribution in [0.25, 0.3) is 38.2 Å². The van der Waals surface area contributed by atoms with E-state index in [4.69, 9.17) is 51.5 Å². The third kappa shape index (κ3) is 53.1. The largest absolute Gasteiger partial charge is 0.480 e. The minimum absolute atomic E-state index is 0.00299. The number of ether oxygens (including phenoxy) is 5. The lowest BCUT2D eigenvalue weighted by molar-refractivity contribution is -0.152. The summed E-state index contributed by atoms with van der Waals surface area (Å²) in [6, 6.07) is 15.4. The summed E-state index contributed by atoms with van der Waals surface area (Å²) < 4.78 is 42.4.